The summed E-state index contributed by atoms with van der Waals surface area (Å²) in [6, 6.07) is 25.6. The zero-order valence-corrected chi connectivity index (χ0v) is 16.4. The predicted molar refractivity (Wildman–Crippen MR) is 112 cm³/mol. The van der Waals surface area contributed by atoms with Crippen molar-refractivity contribution in [2.45, 2.75) is 26.9 Å². The normalized spacial score (nSPS) is 11.6. The molecule has 28 heavy (non-hydrogen) atoms. The molecule has 0 saturated heterocycles. The molecule has 0 fully saturated rings. The highest BCUT2D eigenvalue weighted by atomic mass is 16.5. The molecule has 1 atom stereocenters. The van der Waals surface area contributed by atoms with Gasteiger partial charge in [-0.2, -0.15) is 0 Å². The van der Waals surface area contributed by atoms with Crippen LogP contribution in [0.2, 0.25) is 0 Å². The maximum atomic E-state index is 12.1. The van der Waals surface area contributed by atoms with E-state index in [0.717, 1.165) is 28.9 Å². The Morgan fingerprint density at radius 3 is 2.07 bits per heavy atom. The first-order valence-electron chi connectivity index (χ1n) is 9.70. The van der Waals surface area contributed by atoms with E-state index in [-0.39, 0.29) is 5.97 Å². The van der Waals surface area contributed by atoms with Crippen LogP contribution in [-0.4, -0.2) is 12.6 Å². The second-order valence-corrected chi connectivity index (χ2v) is 6.99. The van der Waals surface area contributed by atoms with Gasteiger partial charge >= 0.3 is 5.97 Å². The van der Waals surface area contributed by atoms with Crippen LogP contribution >= 0.6 is 0 Å². The third kappa shape index (κ3) is 5.46. The molecular formula is C25H26O3. The van der Waals surface area contributed by atoms with E-state index < -0.39 is 0 Å². The SMILES string of the molecule is CCC(C)COC(=O)c1ccc(-c2ccc(OCc3ccccc3)cc2)cc1. The lowest BCUT2D eigenvalue weighted by molar-refractivity contribution is 0.0447. The minimum Gasteiger partial charge on any atom is -0.489 e. The first kappa shape index (κ1) is 19.7. The van der Waals surface area contributed by atoms with Crippen molar-refractivity contribution in [2.75, 3.05) is 6.61 Å². The topological polar surface area (TPSA) is 35.5 Å². The molecule has 0 spiro atoms. The van der Waals surface area contributed by atoms with Crippen LogP contribution in [0.3, 0.4) is 0 Å². The van der Waals surface area contributed by atoms with Crippen LogP contribution in [0.5, 0.6) is 5.75 Å². The smallest absolute Gasteiger partial charge is 0.338 e. The maximum Gasteiger partial charge on any atom is 0.338 e. The Morgan fingerprint density at radius 1 is 0.857 bits per heavy atom. The summed E-state index contributed by atoms with van der Waals surface area (Å²) in [5.41, 5.74) is 3.84. The van der Waals surface area contributed by atoms with Gasteiger partial charge in [-0.15, -0.1) is 0 Å². The zero-order valence-electron chi connectivity index (χ0n) is 16.4. The third-order valence-electron chi connectivity index (χ3n) is 4.75. The summed E-state index contributed by atoms with van der Waals surface area (Å²) in [5, 5.41) is 0. The first-order valence-corrected chi connectivity index (χ1v) is 9.70. The summed E-state index contributed by atoms with van der Waals surface area (Å²) in [6.45, 7) is 5.17. The van der Waals surface area contributed by atoms with Crippen molar-refractivity contribution in [3.05, 3.63) is 90.0 Å². The van der Waals surface area contributed by atoms with E-state index in [1.807, 2.05) is 78.9 Å². The van der Waals surface area contributed by atoms with Crippen LogP contribution in [0, 0.1) is 5.92 Å². The average molecular weight is 374 g/mol. The van der Waals surface area contributed by atoms with Crippen molar-refractivity contribution in [3.63, 3.8) is 0 Å². The van der Waals surface area contributed by atoms with Crippen LogP contribution in [0.4, 0.5) is 0 Å². The number of esters is 1. The summed E-state index contributed by atoms with van der Waals surface area (Å²) in [7, 11) is 0. The maximum absolute atomic E-state index is 12.1. The molecular weight excluding hydrogens is 348 g/mol. The van der Waals surface area contributed by atoms with Gasteiger partial charge in [0.05, 0.1) is 12.2 Å². The lowest BCUT2D eigenvalue weighted by atomic mass is 10.0. The Hall–Kier alpha value is -3.07. The number of carbonyl (C=O) groups excluding carboxylic acids is 1. The summed E-state index contributed by atoms with van der Waals surface area (Å²) >= 11 is 0. The number of hydrogen-bond donors (Lipinski definition) is 0. The number of benzene rings is 3. The van der Waals surface area contributed by atoms with Gasteiger partial charge in [0.15, 0.2) is 0 Å². The largest absolute Gasteiger partial charge is 0.489 e. The molecule has 0 saturated carbocycles. The van der Waals surface area contributed by atoms with Crippen molar-refractivity contribution < 1.29 is 14.3 Å². The van der Waals surface area contributed by atoms with Crippen molar-refractivity contribution in [1.29, 1.82) is 0 Å². The number of hydrogen-bond acceptors (Lipinski definition) is 3. The number of ether oxygens (including phenoxy) is 2. The van der Waals surface area contributed by atoms with Gasteiger partial charge in [0.25, 0.3) is 0 Å². The standard InChI is InChI=1S/C25H26O3/c1-3-19(2)17-28-25(26)23-11-9-21(10-12-23)22-13-15-24(16-14-22)27-18-20-7-5-4-6-8-20/h4-16,19H,3,17-18H2,1-2H3. The van der Waals surface area contributed by atoms with Gasteiger partial charge < -0.3 is 9.47 Å². The van der Waals surface area contributed by atoms with E-state index in [9.17, 15) is 4.79 Å². The third-order valence-corrected chi connectivity index (χ3v) is 4.75. The van der Waals surface area contributed by atoms with Crippen LogP contribution in [-0.2, 0) is 11.3 Å². The Bertz CT molecular complexity index is 868. The summed E-state index contributed by atoms with van der Waals surface area (Å²) < 4.78 is 11.2. The fraction of sp³-hybridized carbons (Fsp3) is 0.240. The van der Waals surface area contributed by atoms with E-state index >= 15 is 0 Å². The van der Waals surface area contributed by atoms with Gasteiger partial charge in [-0.3, -0.25) is 0 Å². The minimum absolute atomic E-state index is 0.267. The fourth-order valence-electron chi connectivity index (χ4n) is 2.70. The molecule has 0 aliphatic rings. The quantitative estimate of drug-likeness (QED) is 0.445. The molecule has 3 heteroatoms. The molecule has 0 aromatic heterocycles. The van der Waals surface area contributed by atoms with Gasteiger partial charge in [-0.25, -0.2) is 4.79 Å². The Morgan fingerprint density at radius 2 is 1.46 bits per heavy atom. The highest BCUT2D eigenvalue weighted by Gasteiger charge is 2.09. The predicted octanol–water partition coefficient (Wildman–Crippen LogP) is 6.14. The molecule has 1 unspecified atom stereocenters. The van der Waals surface area contributed by atoms with Gasteiger partial charge in [-0.1, -0.05) is 74.9 Å². The van der Waals surface area contributed by atoms with Crippen molar-refractivity contribution in [3.8, 4) is 16.9 Å². The highest BCUT2D eigenvalue weighted by molar-refractivity contribution is 5.90. The first-order chi connectivity index (χ1) is 13.7. The molecule has 0 bridgehead atoms. The Kier molecular flexibility index (Phi) is 6.85. The van der Waals surface area contributed by atoms with E-state index in [2.05, 4.69) is 13.8 Å². The summed E-state index contributed by atoms with van der Waals surface area (Å²) in [4.78, 5) is 12.1. The molecule has 0 N–H and O–H groups in total. The van der Waals surface area contributed by atoms with Crippen LogP contribution in [0.1, 0.15) is 36.2 Å². The molecule has 3 aromatic rings. The fourth-order valence-corrected chi connectivity index (χ4v) is 2.70. The molecule has 0 aliphatic heterocycles. The lowest BCUT2D eigenvalue weighted by Crippen LogP contribution is -2.11. The highest BCUT2D eigenvalue weighted by Crippen LogP contribution is 2.23. The van der Waals surface area contributed by atoms with E-state index in [1.165, 1.54) is 0 Å². The van der Waals surface area contributed by atoms with Crippen molar-refractivity contribution >= 4 is 5.97 Å². The lowest BCUT2D eigenvalue weighted by Gasteiger charge is -2.10. The molecule has 0 amide bonds. The average Bonchev–Trinajstić information content (AvgIpc) is 2.77. The molecule has 0 radical (unpaired) electrons. The Labute approximate surface area is 166 Å². The summed E-state index contributed by atoms with van der Waals surface area (Å²) in [5.74, 6) is 0.945. The van der Waals surface area contributed by atoms with Crippen LogP contribution < -0.4 is 4.74 Å². The number of carbonyl (C=O) groups is 1. The van der Waals surface area contributed by atoms with Gasteiger partial charge in [0, 0.05) is 0 Å². The molecule has 0 heterocycles. The monoisotopic (exact) mass is 374 g/mol. The zero-order chi connectivity index (χ0) is 19.8. The molecule has 144 valence electrons. The second-order valence-electron chi connectivity index (χ2n) is 6.99. The molecule has 3 rings (SSSR count). The number of rotatable bonds is 8. The van der Waals surface area contributed by atoms with Gasteiger partial charge in [-0.05, 0) is 46.9 Å². The minimum atomic E-state index is -0.267. The van der Waals surface area contributed by atoms with Gasteiger partial charge in [0.1, 0.15) is 12.4 Å². The summed E-state index contributed by atoms with van der Waals surface area (Å²) in [6.07, 6.45) is 0.997. The molecule has 3 nitrogen and oxygen atoms in total. The molecule has 0 aliphatic carbocycles. The van der Waals surface area contributed by atoms with Crippen molar-refractivity contribution in [2.24, 2.45) is 5.92 Å². The van der Waals surface area contributed by atoms with E-state index in [0.29, 0.717) is 24.7 Å². The Balaban J connectivity index is 1.58. The second kappa shape index (κ2) is 9.75. The van der Waals surface area contributed by atoms with Gasteiger partial charge in [0.2, 0.25) is 0 Å². The van der Waals surface area contributed by atoms with Crippen molar-refractivity contribution in [1.82, 2.24) is 0 Å². The van der Waals surface area contributed by atoms with Crippen LogP contribution in [0.15, 0.2) is 78.9 Å². The van der Waals surface area contributed by atoms with E-state index in [4.69, 9.17) is 9.47 Å². The molecule has 3 aromatic carbocycles. The van der Waals surface area contributed by atoms with E-state index in [1.54, 1.807) is 0 Å². The van der Waals surface area contributed by atoms with Crippen LogP contribution in [0.25, 0.3) is 11.1 Å².